The molecule has 1 saturated heterocycles. The fraction of sp³-hybridized carbons (Fsp3) is 0.500. The maximum atomic E-state index is 12.8. The molecule has 14 heavy (non-hydrogen) atoms. The minimum Gasteiger partial charge on any atom is -0.379 e. The summed E-state index contributed by atoms with van der Waals surface area (Å²) in [4.78, 5) is 3.75. The molecule has 2 heterocycles. The molecule has 0 bridgehead atoms. The number of nitrogens with zero attached hydrogens (tertiary/aromatic N) is 1. The van der Waals surface area contributed by atoms with Crippen LogP contribution in [0.15, 0.2) is 18.2 Å². The molecule has 1 unspecified atom stereocenters. The van der Waals surface area contributed by atoms with Gasteiger partial charge in [0, 0.05) is 6.61 Å². The second-order valence-corrected chi connectivity index (χ2v) is 3.83. The van der Waals surface area contributed by atoms with Crippen LogP contribution in [0.25, 0.3) is 0 Å². The molecule has 0 aromatic carbocycles. The van der Waals surface area contributed by atoms with Crippen LogP contribution in [-0.2, 0) is 4.74 Å². The monoisotopic (exact) mass is 196 g/mol. The average Bonchev–Trinajstić information content (AvgIpc) is 2.51. The van der Waals surface area contributed by atoms with Gasteiger partial charge in [-0.05, 0) is 25.5 Å². The number of aromatic nitrogens is 1. The van der Waals surface area contributed by atoms with Gasteiger partial charge in [-0.3, -0.25) is 0 Å². The topological polar surface area (TPSA) is 34.2 Å². The predicted octanol–water partition coefficient (Wildman–Crippen LogP) is 1.81. The van der Waals surface area contributed by atoms with Crippen molar-refractivity contribution >= 4 is 5.82 Å². The first-order chi connectivity index (χ1) is 6.68. The zero-order valence-electron chi connectivity index (χ0n) is 8.09. The molecule has 0 aliphatic carbocycles. The van der Waals surface area contributed by atoms with Gasteiger partial charge in [-0.25, -0.2) is 4.98 Å². The number of ether oxygens (including phenoxy) is 1. The Morgan fingerprint density at radius 2 is 2.43 bits per heavy atom. The number of halogens is 1. The van der Waals surface area contributed by atoms with Crippen molar-refractivity contribution < 1.29 is 9.13 Å². The zero-order valence-corrected chi connectivity index (χ0v) is 8.09. The molecule has 0 saturated carbocycles. The number of anilines is 1. The first-order valence-corrected chi connectivity index (χ1v) is 4.66. The van der Waals surface area contributed by atoms with E-state index in [2.05, 4.69) is 10.3 Å². The normalized spacial score (nSPS) is 26.4. The van der Waals surface area contributed by atoms with Crippen LogP contribution in [0.4, 0.5) is 10.2 Å². The summed E-state index contributed by atoms with van der Waals surface area (Å²) in [7, 11) is 0. The van der Waals surface area contributed by atoms with Crippen molar-refractivity contribution in [2.75, 3.05) is 18.5 Å². The molecule has 76 valence electrons. The SMILES string of the molecule is CC1(Nc2cccc(F)n2)CCOC1. The Balaban J connectivity index is 2.10. The third kappa shape index (κ3) is 2.01. The molecule has 1 N–H and O–H groups in total. The standard InChI is InChI=1S/C10H13FN2O/c1-10(5-6-14-7-10)13-9-4-2-3-8(11)12-9/h2-4H,5-7H2,1H3,(H,12,13). The van der Waals surface area contributed by atoms with Gasteiger partial charge in [0.05, 0.1) is 12.1 Å². The quantitative estimate of drug-likeness (QED) is 0.732. The summed E-state index contributed by atoms with van der Waals surface area (Å²) in [5.74, 6) is 0.107. The van der Waals surface area contributed by atoms with Crippen molar-refractivity contribution in [2.45, 2.75) is 18.9 Å². The van der Waals surface area contributed by atoms with E-state index in [1.165, 1.54) is 6.07 Å². The van der Waals surface area contributed by atoms with E-state index in [-0.39, 0.29) is 5.54 Å². The van der Waals surface area contributed by atoms with E-state index >= 15 is 0 Å². The van der Waals surface area contributed by atoms with E-state index in [4.69, 9.17) is 4.74 Å². The maximum Gasteiger partial charge on any atom is 0.214 e. The lowest BCUT2D eigenvalue weighted by atomic mass is 10.0. The maximum absolute atomic E-state index is 12.8. The van der Waals surface area contributed by atoms with E-state index in [1.54, 1.807) is 12.1 Å². The van der Waals surface area contributed by atoms with Crippen LogP contribution >= 0.6 is 0 Å². The fourth-order valence-electron chi connectivity index (χ4n) is 1.55. The van der Waals surface area contributed by atoms with Gasteiger partial charge in [0.2, 0.25) is 5.95 Å². The summed E-state index contributed by atoms with van der Waals surface area (Å²) in [6.07, 6.45) is 0.922. The van der Waals surface area contributed by atoms with Crippen LogP contribution in [0.5, 0.6) is 0 Å². The highest BCUT2D eigenvalue weighted by Gasteiger charge is 2.29. The number of pyridine rings is 1. The van der Waals surface area contributed by atoms with Crippen LogP contribution in [0.2, 0.25) is 0 Å². The molecule has 1 fully saturated rings. The second kappa shape index (κ2) is 3.53. The van der Waals surface area contributed by atoms with Gasteiger partial charge in [-0.1, -0.05) is 6.07 Å². The first-order valence-electron chi connectivity index (χ1n) is 4.66. The summed E-state index contributed by atoms with van der Waals surface area (Å²) in [5.41, 5.74) is -0.110. The van der Waals surface area contributed by atoms with Crippen molar-refractivity contribution in [3.05, 3.63) is 24.1 Å². The number of hydrogen-bond donors (Lipinski definition) is 1. The van der Waals surface area contributed by atoms with Gasteiger partial charge in [0.1, 0.15) is 5.82 Å². The lowest BCUT2D eigenvalue weighted by Crippen LogP contribution is -2.35. The van der Waals surface area contributed by atoms with Crippen LogP contribution < -0.4 is 5.32 Å². The van der Waals surface area contributed by atoms with Gasteiger partial charge < -0.3 is 10.1 Å². The highest BCUT2D eigenvalue weighted by atomic mass is 19.1. The molecule has 0 radical (unpaired) electrons. The lowest BCUT2D eigenvalue weighted by molar-refractivity contribution is 0.185. The van der Waals surface area contributed by atoms with Crippen molar-refractivity contribution in [3.63, 3.8) is 0 Å². The van der Waals surface area contributed by atoms with E-state index in [9.17, 15) is 4.39 Å². The van der Waals surface area contributed by atoms with Crippen LogP contribution in [0.3, 0.4) is 0 Å². The Bertz CT molecular complexity index is 324. The van der Waals surface area contributed by atoms with Crippen molar-refractivity contribution in [1.29, 1.82) is 0 Å². The van der Waals surface area contributed by atoms with Gasteiger partial charge in [-0.15, -0.1) is 0 Å². The Morgan fingerprint density at radius 3 is 3.07 bits per heavy atom. The number of nitrogens with one attached hydrogen (secondary N) is 1. The van der Waals surface area contributed by atoms with Crippen LogP contribution in [-0.4, -0.2) is 23.7 Å². The summed E-state index contributed by atoms with van der Waals surface area (Å²) in [5, 5.41) is 3.18. The number of rotatable bonds is 2. The Labute approximate surface area is 82.3 Å². The van der Waals surface area contributed by atoms with Crippen molar-refractivity contribution in [1.82, 2.24) is 4.98 Å². The van der Waals surface area contributed by atoms with Gasteiger partial charge >= 0.3 is 0 Å². The largest absolute Gasteiger partial charge is 0.379 e. The third-order valence-corrected chi connectivity index (χ3v) is 2.36. The van der Waals surface area contributed by atoms with Gasteiger partial charge in [0.25, 0.3) is 0 Å². The van der Waals surface area contributed by atoms with Gasteiger partial charge in [-0.2, -0.15) is 4.39 Å². The highest BCUT2D eigenvalue weighted by Crippen LogP contribution is 2.22. The molecule has 3 nitrogen and oxygen atoms in total. The molecule has 1 atom stereocenters. The van der Waals surface area contributed by atoms with Gasteiger partial charge in [0.15, 0.2) is 0 Å². The minimum absolute atomic E-state index is 0.110. The Morgan fingerprint density at radius 1 is 1.57 bits per heavy atom. The molecule has 1 aliphatic rings. The fourth-order valence-corrected chi connectivity index (χ4v) is 1.55. The molecule has 1 aromatic heterocycles. The Kier molecular flexibility index (Phi) is 2.37. The van der Waals surface area contributed by atoms with Crippen LogP contribution in [0.1, 0.15) is 13.3 Å². The lowest BCUT2D eigenvalue weighted by Gasteiger charge is -2.23. The third-order valence-electron chi connectivity index (χ3n) is 2.36. The molecule has 0 amide bonds. The molecule has 1 aliphatic heterocycles. The predicted molar refractivity (Wildman–Crippen MR) is 51.7 cm³/mol. The second-order valence-electron chi connectivity index (χ2n) is 3.83. The van der Waals surface area contributed by atoms with E-state index in [0.29, 0.717) is 12.4 Å². The average molecular weight is 196 g/mol. The van der Waals surface area contributed by atoms with E-state index < -0.39 is 5.95 Å². The summed E-state index contributed by atoms with van der Waals surface area (Å²) < 4.78 is 18.1. The zero-order chi connectivity index (χ0) is 10.0. The van der Waals surface area contributed by atoms with Crippen LogP contribution in [0, 0.1) is 5.95 Å². The van der Waals surface area contributed by atoms with Crippen molar-refractivity contribution in [3.8, 4) is 0 Å². The minimum atomic E-state index is -0.461. The molecule has 0 spiro atoms. The van der Waals surface area contributed by atoms with E-state index in [1.807, 2.05) is 6.92 Å². The smallest absolute Gasteiger partial charge is 0.214 e. The summed E-state index contributed by atoms with van der Waals surface area (Å²) in [6.45, 7) is 3.44. The summed E-state index contributed by atoms with van der Waals surface area (Å²) >= 11 is 0. The molecule has 1 aromatic rings. The van der Waals surface area contributed by atoms with E-state index in [0.717, 1.165) is 13.0 Å². The first kappa shape index (κ1) is 9.40. The molecule has 4 heteroatoms. The number of hydrogen-bond acceptors (Lipinski definition) is 3. The summed E-state index contributed by atoms with van der Waals surface area (Å²) in [6, 6.07) is 4.73. The highest BCUT2D eigenvalue weighted by molar-refractivity contribution is 5.37. The Hall–Kier alpha value is -1.16. The molecule has 2 rings (SSSR count). The molecular formula is C10H13FN2O. The molecular weight excluding hydrogens is 183 g/mol. The van der Waals surface area contributed by atoms with Crippen molar-refractivity contribution in [2.24, 2.45) is 0 Å².